The van der Waals surface area contributed by atoms with Crippen LogP contribution >= 0.6 is 0 Å². The Morgan fingerprint density at radius 3 is 2.74 bits per heavy atom. The molecule has 0 radical (unpaired) electrons. The number of benzene rings is 2. The van der Waals surface area contributed by atoms with Gasteiger partial charge in [-0.05, 0) is 72.6 Å². The minimum absolute atomic E-state index is 0.146. The van der Waals surface area contributed by atoms with Crippen LogP contribution < -0.4 is 0 Å². The molecule has 0 fully saturated rings. The van der Waals surface area contributed by atoms with E-state index in [9.17, 15) is 4.79 Å². The van der Waals surface area contributed by atoms with Gasteiger partial charge in [-0.3, -0.25) is 4.79 Å². The summed E-state index contributed by atoms with van der Waals surface area (Å²) >= 11 is 0. The number of carbonyl (C=O) groups excluding carboxylic acids is 1. The molecule has 0 spiro atoms. The van der Waals surface area contributed by atoms with Gasteiger partial charge in [0.15, 0.2) is 5.78 Å². The summed E-state index contributed by atoms with van der Waals surface area (Å²) in [6.07, 6.45) is 3.75. The Balaban J connectivity index is 2.31. The zero-order valence-electron chi connectivity index (χ0n) is 11.9. The monoisotopic (exact) mass is 252 g/mol. The summed E-state index contributed by atoms with van der Waals surface area (Å²) in [4.78, 5) is 11.5. The van der Waals surface area contributed by atoms with E-state index in [2.05, 4.69) is 32.0 Å². The first-order chi connectivity index (χ1) is 9.08. The molecule has 0 amide bonds. The van der Waals surface area contributed by atoms with E-state index < -0.39 is 0 Å². The average Bonchev–Trinajstić information content (AvgIpc) is 2.40. The van der Waals surface area contributed by atoms with Gasteiger partial charge in [-0.25, -0.2) is 0 Å². The third-order valence-corrected chi connectivity index (χ3v) is 4.49. The Morgan fingerprint density at radius 1 is 1.21 bits per heavy atom. The molecule has 2 aromatic rings. The molecule has 1 heteroatoms. The molecular formula is C18H20O. The zero-order chi connectivity index (χ0) is 13.6. The predicted octanol–water partition coefficient (Wildman–Crippen LogP) is 4.79. The molecule has 1 aliphatic carbocycles. The van der Waals surface area contributed by atoms with Crippen LogP contribution in [0.25, 0.3) is 10.8 Å². The summed E-state index contributed by atoms with van der Waals surface area (Å²) in [5, 5.41) is 2.60. The van der Waals surface area contributed by atoms with E-state index in [0.29, 0.717) is 5.92 Å². The van der Waals surface area contributed by atoms with E-state index in [1.807, 2.05) is 6.07 Å². The molecular weight excluding hydrogens is 232 g/mol. The molecule has 0 saturated heterocycles. The average molecular weight is 252 g/mol. The molecule has 0 saturated carbocycles. The van der Waals surface area contributed by atoms with E-state index >= 15 is 0 Å². The lowest BCUT2D eigenvalue weighted by molar-refractivity contribution is 0.101. The van der Waals surface area contributed by atoms with Crippen molar-refractivity contribution in [1.29, 1.82) is 0 Å². The molecule has 2 aromatic carbocycles. The second-order valence-corrected chi connectivity index (χ2v) is 5.87. The van der Waals surface area contributed by atoms with Crippen LogP contribution in [-0.2, 0) is 6.42 Å². The predicted molar refractivity (Wildman–Crippen MR) is 80.0 cm³/mol. The van der Waals surface area contributed by atoms with Gasteiger partial charge in [-0.2, -0.15) is 0 Å². The number of hydrogen-bond donors (Lipinski definition) is 0. The minimum atomic E-state index is 0.146. The third kappa shape index (κ3) is 1.98. The first-order valence-corrected chi connectivity index (χ1v) is 7.15. The van der Waals surface area contributed by atoms with Crippen LogP contribution in [-0.4, -0.2) is 5.78 Å². The van der Waals surface area contributed by atoms with Crippen LogP contribution in [0.2, 0.25) is 0 Å². The van der Waals surface area contributed by atoms with E-state index in [4.69, 9.17) is 0 Å². The number of ketones is 1. The van der Waals surface area contributed by atoms with Crippen molar-refractivity contribution in [1.82, 2.24) is 0 Å². The Hall–Kier alpha value is -1.63. The lowest BCUT2D eigenvalue weighted by atomic mass is 9.80. The quantitative estimate of drug-likeness (QED) is 0.667. The van der Waals surface area contributed by atoms with Crippen molar-refractivity contribution in [2.45, 2.75) is 46.0 Å². The Kier molecular flexibility index (Phi) is 2.93. The molecule has 0 aliphatic heterocycles. The third-order valence-electron chi connectivity index (χ3n) is 4.49. The molecule has 0 bridgehead atoms. The highest BCUT2D eigenvalue weighted by molar-refractivity contribution is 6.00. The molecule has 0 heterocycles. The fraction of sp³-hybridized carbons (Fsp3) is 0.389. The molecule has 1 atom stereocenters. The van der Waals surface area contributed by atoms with E-state index in [1.54, 1.807) is 6.92 Å². The molecule has 3 rings (SSSR count). The lowest BCUT2D eigenvalue weighted by Crippen LogP contribution is -2.08. The van der Waals surface area contributed by atoms with Gasteiger partial charge in [0.25, 0.3) is 0 Å². The van der Waals surface area contributed by atoms with Gasteiger partial charge in [0.05, 0.1) is 0 Å². The van der Waals surface area contributed by atoms with E-state index in [1.165, 1.54) is 46.7 Å². The van der Waals surface area contributed by atoms with Crippen LogP contribution in [0.3, 0.4) is 0 Å². The smallest absolute Gasteiger partial charge is 0.159 e. The second kappa shape index (κ2) is 4.48. The van der Waals surface area contributed by atoms with Crippen molar-refractivity contribution in [2.24, 2.45) is 0 Å². The number of carbonyl (C=O) groups is 1. The summed E-state index contributed by atoms with van der Waals surface area (Å²) in [5.74, 6) is 0.812. The highest BCUT2D eigenvalue weighted by atomic mass is 16.1. The van der Waals surface area contributed by atoms with E-state index in [-0.39, 0.29) is 5.78 Å². The van der Waals surface area contributed by atoms with Crippen LogP contribution in [0, 0.1) is 6.92 Å². The number of Topliss-reactive ketones (excluding diaryl/α,β-unsaturated/α-hetero) is 1. The maximum absolute atomic E-state index is 11.5. The normalized spacial score (nSPS) is 18.4. The number of aryl methyl sites for hydroxylation is 2. The zero-order valence-corrected chi connectivity index (χ0v) is 11.9. The van der Waals surface area contributed by atoms with Crippen molar-refractivity contribution < 1.29 is 4.79 Å². The summed E-state index contributed by atoms with van der Waals surface area (Å²) in [6, 6.07) is 8.53. The summed E-state index contributed by atoms with van der Waals surface area (Å²) in [7, 11) is 0. The van der Waals surface area contributed by atoms with Gasteiger partial charge < -0.3 is 0 Å². The maximum Gasteiger partial charge on any atom is 0.159 e. The van der Waals surface area contributed by atoms with Crippen LogP contribution in [0.15, 0.2) is 24.3 Å². The van der Waals surface area contributed by atoms with Gasteiger partial charge in [0.2, 0.25) is 0 Å². The largest absolute Gasteiger partial charge is 0.295 e. The number of hydrogen-bond acceptors (Lipinski definition) is 1. The molecule has 19 heavy (non-hydrogen) atoms. The summed E-state index contributed by atoms with van der Waals surface area (Å²) < 4.78 is 0. The van der Waals surface area contributed by atoms with Crippen LogP contribution in [0.1, 0.15) is 59.7 Å². The molecule has 1 nitrogen and oxygen atoms in total. The molecule has 1 aliphatic rings. The van der Waals surface area contributed by atoms with Gasteiger partial charge in [-0.1, -0.05) is 25.1 Å². The fourth-order valence-electron chi connectivity index (χ4n) is 3.37. The molecule has 0 aromatic heterocycles. The molecule has 1 unspecified atom stereocenters. The van der Waals surface area contributed by atoms with Crippen molar-refractivity contribution in [3.05, 3.63) is 46.5 Å². The molecule has 0 N–H and O–H groups in total. The Labute approximate surface area is 114 Å². The van der Waals surface area contributed by atoms with Gasteiger partial charge in [-0.15, -0.1) is 0 Å². The topological polar surface area (TPSA) is 17.1 Å². The van der Waals surface area contributed by atoms with Crippen LogP contribution in [0.4, 0.5) is 0 Å². The minimum Gasteiger partial charge on any atom is -0.295 e. The standard InChI is InChI=1S/C18H20O/c1-11-5-4-6-15-16-8-7-14(13(3)19)10-18(16)12(2)9-17(11)15/h7-11H,4-6H2,1-3H3. The van der Waals surface area contributed by atoms with Gasteiger partial charge in [0, 0.05) is 5.56 Å². The van der Waals surface area contributed by atoms with E-state index in [0.717, 1.165) is 5.56 Å². The van der Waals surface area contributed by atoms with Crippen molar-refractivity contribution in [3.63, 3.8) is 0 Å². The fourth-order valence-corrected chi connectivity index (χ4v) is 3.37. The van der Waals surface area contributed by atoms with Gasteiger partial charge >= 0.3 is 0 Å². The molecule has 98 valence electrons. The van der Waals surface area contributed by atoms with Crippen molar-refractivity contribution in [3.8, 4) is 0 Å². The SMILES string of the molecule is CC(=O)c1ccc2c3c(cc(C)c2c1)C(C)CCC3. The number of fused-ring (bicyclic) bond motifs is 3. The first-order valence-electron chi connectivity index (χ1n) is 7.15. The maximum atomic E-state index is 11.5. The Bertz CT molecular complexity index is 667. The second-order valence-electron chi connectivity index (χ2n) is 5.87. The lowest BCUT2D eigenvalue weighted by Gasteiger charge is -2.25. The highest BCUT2D eigenvalue weighted by Crippen LogP contribution is 2.37. The highest BCUT2D eigenvalue weighted by Gasteiger charge is 2.19. The number of rotatable bonds is 1. The van der Waals surface area contributed by atoms with Crippen molar-refractivity contribution >= 4 is 16.6 Å². The van der Waals surface area contributed by atoms with Gasteiger partial charge in [0.1, 0.15) is 0 Å². The Morgan fingerprint density at radius 2 is 2.00 bits per heavy atom. The first kappa shape index (κ1) is 12.4. The summed E-state index contributed by atoms with van der Waals surface area (Å²) in [6.45, 7) is 6.12. The summed E-state index contributed by atoms with van der Waals surface area (Å²) in [5.41, 5.74) is 5.14. The van der Waals surface area contributed by atoms with Crippen molar-refractivity contribution in [2.75, 3.05) is 0 Å². The van der Waals surface area contributed by atoms with Crippen LogP contribution in [0.5, 0.6) is 0 Å².